The lowest BCUT2D eigenvalue weighted by molar-refractivity contribution is -0.384. The lowest BCUT2D eigenvalue weighted by atomic mass is 9.98. The maximum atomic E-state index is 10.9. The molecule has 0 fully saturated rings. The Morgan fingerprint density at radius 2 is 1.83 bits per heavy atom. The third-order valence-electron chi connectivity index (χ3n) is 4.31. The van der Waals surface area contributed by atoms with Crippen LogP contribution in [0.3, 0.4) is 0 Å². The molecule has 1 heterocycles. The molecule has 0 amide bonds. The van der Waals surface area contributed by atoms with Crippen LogP contribution in [0.15, 0.2) is 48.5 Å². The standard InChI is InChI=1S/C21H18N4O4/c1-3-29-19-9-6-14(10-20(19)28-2)16-11-18(24-21(23)17(16)12-22)13-4-7-15(8-5-13)25(26)27/h4-11H,3H2,1-2H3,(H2,23,24). The van der Waals surface area contributed by atoms with Gasteiger partial charge in [-0.15, -0.1) is 0 Å². The number of nitrogens with zero attached hydrogens (tertiary/aromatic N) is 3. The van der Waals surface area contributed by atoms with Crippen molar-refractivity contribution in [1.29, 1.82) is 5.26 Å². The summed E-state index contributed by atoms with van der Waals surface area (Å²) in [5.41, 5.74) is 8.68. The SMILES string of the molecule is CCOc1ccc(-c2cc(-c3ccc([N+](=O)[O-])cc3)nc(N)c2C#N)cc1OC. The van der Waals surface area contributed by atoms with Crippen LogP contribution in [0.2, 0.25) is 0 Å². The van der Waals surface area contributed by atoms with Gasteiger partial charge in [-0.3, -0.25) is 10.1 Å². The second-order valence-corrected chi connectivity index (χ2v) is 6.03. The summed E-state index contributed by atoms with van der Waals surface area (Å²) in [5, 5.41) is 20.5. The number of non-ortho nitro benzene ring substituents is 1. The number of aromatic nitrogens is 1. The van der Waals surface area contributed by atoms with E-state index in [-0.39, 0.29) is 17.1 Å². The van der Waals surface area contributed by atoms with E-state index < -0.39 is 4.92 Å². The molecule has 0 aliphatic heterocycles. The van der Waals surface area contributed by atoms with Crippen molar-refractivity contribution in [2.24, 2.45) is 0 Å². The van der Waals surface area contributed by atoms with E-state index >= 15 is 0 Å². The number of nitriles is 1. The molecule has 8 nitrogen and oxygen atoms in total. The van der Waals surface area contributed by atoms with Crippen molar-refractivity contribution in [3.8, 4) is 40.0 Å². The monoisotopic (exact) mass is 390 g/mol. The van der Waals surface area contributed by atoms with E-state index in [4.69, 9.17) is 15.2 Å². The lowest BCUT2D eigenvalue weighted by Gasteiger charge is -2.13. The van der Waals surface area contributed by atoms with Gasteiger partial charge in [-0.05, 0) is 42.8 Å². The zero-order valence-electron chi connectivity index (χ0n) is 15.9. The third kappa shape index (κ3) is 3.94. The number of nitrogens with two attached hydrogens (primary N) is 1. The minimum atomic E-state index is -0.470. The number of hydrogen-bond donors (Lipinski definition) is 1. The summed E-state index contributed by atoms with van der Waals surface area (Å²) in [6.45, 7) is 2.37. The van der Waals surface area contributed by atoms with Crippen molar-refractivity contribution in [2.45, 2.75) is 6.92 Å². The Balaban J connectivity index is 2.14. The van der Waals surface area contributed by atoms with Crippen LogP contribution in [0.25, 0.3) is 22.4 Å². The van der Waals surface area contributed by atoms with Gasteiger partial charge in [-0.2, -0.15) is 5.26 Å². The fraction of sp³-hybridized carbons (Fsp3) is 0.143. The van der Waals surface area contributed by atoms with E-state index in [0.717, 1.165) is 0 Å². The van der Waals surface area contributed by atoms with Crippen molar-refractivity contribution in [3.05, 3.63) is 64.2 Å². The first-order valence-electron chi connectivity index (χ1n) is 8.75. The number of ether oxygens (including phenoxy) is 2. The molecule has 0 radical (unpaired) electrons. The Labute approximate surface area is 167 Å². The normalized spacial score (nSPS) is 10.2. The highest BCUT2D eigenvalue weighted by Gasteiger charge is 2.16. The molecule has 3 aromatic rings. The first-order valence-corrected chi connectivity index (χ1v) is 8.75. The molecule has 29 heavy (non-hydrogen) atoms. The maximum absolute atomic E-state index is 10.9. The van der Waals surface area contributed by atoms with Crippen molar-refractivity contribution in [1.82, 2.24) is 4.98 Å². The van der Waals surface area contributed by atoms with E-state index in [0.29, 0.717) is 40.5 Å². The molecule has 0 aliphatic carbocycles. The van der Waals surface area contributed by atoms with Crippen molar-refractivity contribution >= 4 is 11.5 Å². The molecular weight excluding hydrogens is 372 g/mol. The topological polar surface area (TPSA) is 124 Å². The van der Waals surface area contributed by atoms with Crippen LogP contribution in [0.5, 0.6) is 11.5 Å². The number of benzene rings is 2. The predicted molar refractivity (Wildman–Crippen MR) is 109 cm³/mol. The van der Waals surface area contributed by atoms with Gasteiger partial charge in [0.15, 0.2) is 11.5 Å². The summed E-state index contributed by atoms with van der Waals surface area (Å²) in [4.78, 5) is 14.7. The van der Waals surface area contributed by atoms with Crippen LogP contribution >= 0.6 is 0 Å². The molecule has 0 spiro atoms. The fourth-order valence-corrected chi connectivity index (χ4v) is 2.92. The summed E-state index contributed by atoms with van der Waals surface area (Å²) >= 11 is 0. The number of nitro benzene ring substituents is 1. The second-order valence-electron chi connectivity index (χ2n) is 6.03. The van der Waals surface area contributed by atoms with E-state index in [2.05, 4.69) is 11.1 Å². The number of nitro groups is 1. The quantitative estimate of drug-likeness (QED) is 0.494. The molecule has 2 N–H and O–H groups in total. The van der Waals surface area contributed by atoms with Gasteiger partial charge in [0.25, 0.3) is 5.69 Å². The Hall–Kier alpha value is -4.12. The molecule has 0 aliphatic rings. The molecule has 3 rings (SSSR count). The zero-order valence-corrected chi connectivity index (χ0v) is 15.9. The Bertz CT molecular complexity index is 1100. The Kier molecular flexibility index (Phi) is 5.60. The van der Waals surface area contributed by atoms with E-state index in [1.807, 2.05) is 13.0 Å². The molecule has 0 saturated heterocycles. The van der Waals surface area contributed by atoms with Crippen molar-refractivity contribution < 1.29 is 14.4 Å². The average Bonchev–Trinajstić information content (AvgIpc) is 2.73. The number of anilines is 1. The largest absolute Gasteiger partial charge is 0.493 e. The first kappa shape index (κ1) is 19.6. The number of pyridine rings is 1. The highest BCUT2D eigenvalue weighted by atomic mass is 16.6. The van der Waals surface area contributed by atoms with Crippen LogP contribution in [0.1, 0.15) is 12.5 Å². The second kappa shape index (κ2) is 8.27. The molecule has 0 unspecified atom stereocenters. The molecule has 1 aromatic heterocycles. The molecule has 0 atom stereocenters. The van der Waals surface area contributed by atoms with Gasteiger partial charge < -0.3 is 15.2 Å². The minimum absolute atomic E-state index is 0.0214. The van der Waals surface area contributed by atoms with Crippen LogP contribution in [0.4, 0.5) is 11.5 Å². The van der Waals surface area contributed by atoms with Gasteiger partial charge in [0.1, 0.15) is 17.5 Å². The van der Waals surface area contributed by atoms with Crippen LogP contribution in [-0.4, -0.2) is 23.6 Å². The third-order valence-corrected chi connectivity index (χ3v) is 4.31. The highest BCUT2D eigenvalue weighted by molar-refractivity contribution is 5.81. The predicted octanol–water partition coefficient (Wildman–Crippen LogP) is 4.18. The zero-order chi connectivity index (χ0) is 21.0. The fourth-order valence-electron chi connectivity index (χ4n) is 2.92. The first-order chi connectivity index (χ1) is 14.0. The molecular formula is C21H18N4O4. The Morgan fingerprint density at radius 3 is 2.41 bits per heavy atom. The van der Waals surface area contributed by atoms with E-state index in [9.17, 15) is 15.4 Å². The highest BCUT2D eigenvalue weighted by Crippen LogP contribution is 2.36. The van der Waals surface area contributed by atoms with Crippen LogP contribution < -0.4 is 15.2 Å². The summed E-state index contributed by atoms with van der Waals surface area (Å²) in [6, 6.07) is 15.1. The van der Waals surface area contributed by atoms with E-state index in [1.165, 1.54) is 19.2 Å². The van der Waals surface area contributed by atoms with Crippen LogP contribution in [0, 0.1) is 21.4 Å². The smallest absolute Gasteiger partial charge is 0.269 e. The summed E-state index contributed by atoms with van der Waals surface area (Å²) in [7, 11) is 1.54. The molecule has 0 bridgehead atoms. The van der Waals surface area contributed by atoms with Crippen LogP contribution in [-0.2, 0) is 0 Å². The molecule has 2 aromatic carbocycles. The molecule has 0 saturated carbocycles. The summed E-state index contributed by atoms with van der Waals surface area (Å²) in [6.07, 6.45) is 0. The van der Waals surface area contributed by atoms with Crippen molar-refractivity contribution in [2.75, 3.05) is 19.5 Å². The minimum Gasteiger partial charge on any atom is -0.493 e. The van der Waals surface area contributed by atoms with Gasteiger partial charge in [0.05, 0.1) is 24.3 Å². The number of nitrogen functional groups attached to an aromatic ring is 1. The average molecular weight is 390 g/mol. The summed E-state index contributed by atoms with van der Waals surface area (Å²) in [5.74, 6) is 1.20. The van der Waals surface area contributed by atoms with Gasteiger partial charge >= 0.3 is 0 Å². The summed E-state index contributed by atoms with van der Waals surface area (Å²) < 4.78 is 10.9. The number of hydrogen-bond acceptors (Lipinski definition) is 7. The lowest BCUT2D eigenvalue weighted by Crippen LogP contribution is -2.00. The van der Waals surface area contributed by atoms with Crippen molar-refractivity contribution in [3.63, 3.8) is 0 Å². The number of methoxy groups -OCH3 is 1. The van der Waals surface area contributed by atoms with Gasteiger partial charge in [0, 0.05) is 23.3 Å². The van der Waals surface area contributed by atoms with Gasteiger partial charge in [-0.1, -0.05) is 6.07 Å². The van der Waals surface area contributed by atoms with E-state index in [1.54, 1.807) is 30.3 Å². The Morgan fingerprint density at radius 1 is 1.14 bits per heavy atom. The maximum Gasteiger partial charge on any atom is 0.269 e. The number of rotatable bonds is 6. The van der Waals surface area contributed by atoms with Gasteiger partial charge in [-0.25, -0.2) is 4.98 Å². The van der Waals surface area contributed by atoms with Gasteiger partial charge in [0.2, 0.25) is 0 Å². The molecule has 146 valence electrons. The molecule has 8 heteroatoms.